The predicted molar refractivity (Wildman–Crippen MR) is 77.1 cm³/mol. The van der Waals surface area contributed by atoms with Crippen LogP contribution in [-0.2, 0) is 6.54 Å². The number of aromatic nitrogens is 1. The zero-order valence-corrected chi connectivity index (χ0v) is 12.1. The van der Waals surface area contributed by atoms with Crippen LogP contribution in [0.2, 0.25) is 0 Å². The quantitative estimate of drug-likeness (QED) is 0.921. The number of hydrogen-bond acceptors (Lipinski definition) is 3. The number of aryl methyl sites for hydroxylation is 1. The molecular weight excluding hydrogens is 240 g/mol. The molecule has 4 heteroatoms. The second-order valence-electron chi connectivity index (χ2n) is 5.66. The van der Waals surface area contributed by atoms with Crippen molar-refractivity contribution in [1.82, 2.24) is 4.57 Å². The van der Waals surface area contributed by atoms with Gasteiger partial charge in [-0.2, -0.15) is 0 Å². The molecular formula is C15H22N2O2. The molecule has 0 saturated heterocycles. The van der Waals surface area contributed by atoms with Crippen LogP contribution in [0.1, 0.15) is 45.7 Å². The zero-order chi connectivity index (χ0) is 14.2. The summed E-state index contributed by atoms with van der Waals surface area (Å²) in [7, 11) is 0. The summed E-state index contributed by atoms with van der Waals surface area (Å²) < 4.78 is 6.90. The van der Waals surface area contributed by atoms with Crippen LogP contribution in [0.5, 0.6) is 0 Å². The summed E-state index contributed by atoms with van der Waals surface area (Å²) in [5.41, 5.74) is 8.80. The Kier molecular flexibility index (Phi) is 3.54. The lowest BCUT2D eigenvalue weighted by atomic mass is 9.79. The van der Waals surface area contributed by atoms with E-state index in [-0.39, 0.29) is 17.2 Å². The van der Waals surface area contributed by atoms with E-state index in [0.717, 1.165) is 17.5 Å². The van der Waals surface area contributed by atoms with Crippen LogP contribution in [-0.4, -0.2) is 4.57 Å². The number of nitrogens with two attached hydrogens (primary N) is 1. The molecule has 2 rings (SSSR count). The summed E-state index contributed by atoms with van der Waals surface area (Å²) >= 11 is 0. The molecule has 0 aliphatic carbocycles. The molecule has 1 atom stereocenters. The Morgan fingerprint density at radius 2 is 2.05 bits per heavy atom. The van der Waals surface area contributed by atoms with Gasteiger partial charge in [0.15, 0.2) is 5.58 Å². The Balaban J connectivity index is 2.51. The van der Waals surface area contributed by atoms with Crippen molar-refractivity contribution in [2.45, 2.75) is 46.7 Å². The van der Waals surface area contributed by atoms with Crippen molar-refractivity contribution in [3.05, 3.63) is 34.3 Å². The van der Waals surface area contributed by atoms with E-state index in [1.807, 2.05) is 25.1 Å². The Morgan fingerprint density at radius 1 is 1.37 bits per heavy atom. The van der Waals surface area contributed by atoms with E-state index in [4.69, 9.17) is 10.2 Å². The average Bonchev–Trinajstić information content (AvgIpc) is 2.71. The molecule has 0 fully saturated rings. The Labute approximate surface area is 113 Å². The highest BCUT2D eigenvalue weighted by Gasteiger charge is 2.26. The summed E-state index contributed by atoms with van der Waals surface area (Å²) in [6.07, 6.45) is 0.992. The molecule has 0 saturated carbocycles. The Bertz CT molecular complexity index is 637. The van der Waals surface area contributed by atoms with E-state index < -0.39 is 0 Å². The van der Waals surface area contributed by atoms with Gasteiger partial charge < -0.3 is 10.2 Å². The lowest BCUT2D eigenvalue weighted by molar-refractivity contribution is 0.278. The highest BCUT2D eigenvalue weighted by Crippen LogP contribution is 2.35. The first kappa shape index (κ1) is 13.9. The molecule has 104 valence electrons. The number of oxazole rings is 1. The van der Waals surface area contributed by atoms with E-state index in [0.29, 0.717) is 12.1 Å². The summed E-state index contributed by atoms with van der Waals surface area (Å²) in [4.78, 5) is 11.7. The number of hydrogen-bond donors (Lipinski definition) is 1. The second kappa shape index (κ2) is 4.85. The summed E-state index contributed by atoms with van der Waals surface area (Å²) in [6, 6.07) is 5.73. The topological polar surface area (TPSA) is 61.2 Å². The van der Waals surface area contributed by atoms with Gasteiger partial charge in [0.2, 0.25) is 0 Å². The van der Waals surface area contributed by atoms with Crippen molar-refractivity contribution in [1.29, 1.82) is 0 Å². The molecule has 19 heavy (non-hydrogen) atoms. The minimum atomic E-state index is -0.307. The van der Waals surface area contributed by atoms with Crippen LogP contribution in [0.4, 0.5) is 0 Å². The lowest BCUT2D eigenvalue weighted by Crippen LogP contribution is -2.28. The van der Waals surface area contributed by atoms with Crippen LogP contribution >= 0.6 is 0 Å². The van der Waals surface area contributed by atoms with Crippen molar-refractivity contribution in [2.24, 2.45) is 11.1 Å². The molecule has 2 N–H and O–H groups in total. The van der Waals surface area contributed by atoms with Crippen molar-refractivity contribution in [2.75, 3.05) is 0 Å². The molecule has 1 unspecified atom stereocenters. The Hall–Kier alpha value is -1.55. The first-order chi connectivity index (χ1) is 8.90. The molecule has 0 amide bonds. The molecule has 1 aromatic carbocycles. The number of benzene rings is 1. The third kappa shape index (κ3) is 2.32. The first-order valence-electron chi connectivity index (χ1n) is 6.79. The average molecular weight is 262 g/mol. The zero-order valence-electron chi connectivity index (χ0n) is 12.1. The molecule has 2 aromatic rings. The maximum atomic E-state index is 11.7. The molecule has 1 heterocycles. The predicted octanol–water partition coefficient (Wildman–Crippen LogP) is 3.05. The Morgan fingerprint density at radius 3 is 2.63 bits per heavy atom. The minimum absolute atomic E-state index is 0.0152. The fourth-order valence-corrected chi connectivity index (χ4v) is 2.25. The van der Waals surface area contributed by atoms with E-state index in [1.54, 1.807) is 4.57 Å². The van der Waals surface area contributed by atoms with E-state index >= 15 is 0 Å². The first-order valence-corrected chi connectivity index (χ1v) is 6.79. The van der Waals surface area contributed by atoms with Gasteiger partial charge in [-0.1, -0.05) is 26.8 Å². The van der Waals surface area contributed by atoms with Crippen molar-refractivity contribution >= 4 is 11.1 Å². The van der Waals surface area contributed by atoms with Gasteiger partial charge in [-0.25, -0.2) is 4.79 Å². The number of nitrogens with zero attached hydrogens (tertiary/aromatic N) is 1. The van der Waals surface area contributed by atoms with Crippen molar-refractivity contribution in [3.63, 3.8) is 0 Å². The molecule has 0 bridgehead atoms. The van der Waals surface area contributed by atoms with Crippen LogP contribution < -0.4 is 11.5 Å². The molecule has 0 aliphatic heterocycles. The van der Waals surface area contributed by atoms with Gasteiger partial charge in [0.05, 0.1) is 5.52 Å². The second-order valence-corrected chi connectivity index (χ2v) is 5.66. The molecule has 1 aromatic heterocycles. The van der Waals surface area contributed by atoms with Crippen LogP contribution in [0.3, 0.4) is 0 Å². The highest BCUT2D eigenvalue weighted by atomic mass is 16.4. The fourth-order valence-electron chi connectivity index (χ4n) is 2.25. The van der Waals surface area contributed by atoms with Gasteiger partial charge in [0.25, 0.3) is 0 Å². The van der Waals surface area contributed by atoms with E-state index in [1.165, 1.54) is 0 Å². The van der Waals surface area contributed by atoms with Gasteiger partial charge in [-0.05, 0) is 36.5 Å². The van der Waals surface area contributed by atoms with Crippen LogP contribution in [0.25, 0.3) is 11.1 Å². The summed E-state index contributed by atoms with van der Waals surface area (Å²) in [5, 5.41) is 0. The lowest BCUT2D eigenvalue weighted by Gasteiger charge is -2.30. The number of rotatable bonds is 4. The number of fused-ring (bicyclic) bond motifs is 1. The van der Waals surface area contributed by atoms with Crippen LogP contribution in [0, 0.1) is 5.41 Å². The smallest absolute Gasteiger partial charge is 0.408 e. The third-order valence-corrected chi connectivity index (χ3v) is 4.12. The molecule has 0 aliphatic rings. The van der Waals surface area contributed by atoms with Gasteiger partial charge in [-0.3, -0.25) is 4.57 Å². The largest absolute Gasteiger partial charge is 0.419 e. The SMILES string of the molecule is CCn1c(=O)oc2cc(C(N)C(C)(C)CC)ccc21. The summed E-state index contributed by atoms with van der Waals surface area (Å²) in [6.45, 7) is 8.96. The van der Waals surface area contributed by atoms with E-state index in [2.05, 4.69) is 20.8 Å². The van der Waals surface area contributed by atoms with Crippen LogP contribution in [0.15, 0.2) is 27.4 Å². The fraction of sp³-hybridized carbons (Fsp3) is 0.533. The van der Waals surface area contributed by atoms with Crippen molar-refractivity contribution < 1.29 is 4.42 Å². The van der Waals surface area contributed by atoms with Gasteiger partial charge in [0, 0.05) is 12.6 Å². The standard InChI is InChI=1S/C15H22N2O2/c1-5-15(3,4)13(16)10-7-8-11-12(9-10)19-14(18)17(11)6-2/h7-9,13H,5-6,16H2,1-4H3. The third-order valence-electron chi connectivity index (χ3n) is 4.12. The highest BCUT2D eigenvalue weighted by molar-refractivity contribution is 5.74. The van der Waals surface area contributed by atoms with Crippen molar-refractivity contribution in [3.8, 4) is 0 Å². The van der Waals surface area contributed by atoms with Gasteiger partial charge >= 0.3 is 5.76 Å². The molecule has 0 spiro atoms. The maximum Gasteiger partial charge on any atom is 0.419 e. The maximum absolute atomic E-state index is 11.7. The minimum Gasteiger partial charge on any atom is -0.408 e. The summed E-state index contributed by atoms with van der Waals surface area (Å²) in [5.74, 6) is -0.307. The molecule has 0 radical (unpaired) electrons. The normalized spacial score (nSPS) is 13.9. The molecule has 4 nitrogen and oxygen atoms in total. The van der Waals surface area contributed by atoms with Gasteiger partial charge in [-0.15, -0.1) is 0 Å². The monoisotopic (exact) mass is 262 g/mol. The van der Waals surface area contributed by atoms with E-state index in [9.17, 15) is 4.79 Å². The van der Waals surface area contributed by atoms with Gasteiger partial charge in [0.1, 0.15) is 0 Å².